The Morgan fingerprint density at radius 2 is 1.71 bits per heavy atom. The number of fused-ring (bicyclic) bond motifs is 1. The quantitative estimate of drug-likeness (QED) is 0.438. The minimum absolute atomic E-state index is 0.0797. The molecule has 3 heterocycles. The predicted octanol–water partition coefficient (Wildman–Crippen LogP) is 4.60. The third kappa shape index (κ3) is 4.83. The van der Waals surface area contributed by atoms with Crippen LogP contribution < -0.4 is 14.5 Å². The van der Waals surface area contributed by atoms with Crippen LogP contribution in [0.25, 0.3) is 10.9 Å². The Morgan fingerprint density at radius 3 is 2.46 bits per heavy atom. The maximum absolute atomic E-state index is 10.2. The zero-order chi connectivity index (χ0) is 24.4. The van der Waals surface area contributed by atoms with Gasteiger partial charge >= 0.3 is 6.01 Å². The van der Waals surface area contributed by atoms with Gasteiger partial charge in [0.1, 0.15) is 5.75 Å². The first-order valence-corrected chi connectivity index (χ1v) is 11.9. The first-order valence-electron chi connectivity index (χ1n) is 11.9. The fourth-order valence-electron chi connectivity index (χ4n) is 4.38. The summed E-state index contributed by atoms with van der Waals surface area (Å²) in [7, 11) is 4.25. The highest BCUT2D eigenvalue weighted by atomic mass is 16.5. The summed E-state index contributed by atoms with van der Waals surface area (Å²) in [5.41, 5.74) is 5.41. The van der Waals surface area contributed by atoms with E-state index in [-0.39, 0.29) is 11.9 Å². The lowest BCUT2D eigenvalue weighted by molar-refractivity contribution is 0.312. The molecular weight excluding hydrogens is 440 g/mol. The van der Waals surface area contributed by atoms with Crippen molar-refractivity contribution in [1.29, 1.82) is 0 Å². The molecule has 0 atom stereocenters. The molecule has 2 aromatic carbocycles. The zero-order valence-electron chi connectivity index (χ0n) is 20.3. The van der Waals surface area contributed by atoms with E-state index < -0.39 is 0 Å². The van der Waals surface area contributed by atoms with Crippen LogP contribution in [0.3, 0.4) is 0 Å². The summed E-state index contributed by atoms with van der Waals surface area (Å²) in [6.07, 6.45) is 4.17. The first-order chi connectivity index (χ1) is 17.0. The predicted molar refractivity (Wildman–Crippen MR) is 139 cm³/mol. The molecule has 0 spiro atoms. The summed E-state index contributed by atoms with van der Waals surface area (Å²) in [5.74, 6) is 0.458. The van der Waals surface area contributed by atoms with Gasteiger partial charge in [-0.25, -0.2) is 0 Å². The monoisotopic (exact) mass is 470 g/mol. The Labute approximate surface area is 205 Å². The highest BCUT2D eigenvalue weighted by Gasteiger charge is 2.18. The van der Waals surface area contributed by atoms with Gasteiger partial charge in [0.2, 0.25) is 5.88 Å². The van der Waals surface area contributed by atoms with E-state index >= 15 is 0 Å². The number of hydrogen-bond donors (Lipinski definition) is 1. The van der Waals surface area contributed by atoms with Gasteiger partial charge in [-0.1, -0.05) is 13.0 Å². The Balaban J connectivity index is 1.34. The maximum atomic E-state index is 10.2. The molecule has 5 rings (SSSR count). The van der Waals surface area contributed by atoms with Crippen LogP contribution in [0.1, 0.15) is 12.5 Å². The third-order valence-electron chi connectivity index (χ3n) is 6.57. The molecular formula is C27H30N6O2. The number of aromatic nitrogens is 3. The van der Waals surface area contributed by atoms with Crippen molar-refractivity contribution in [3.8, 4) is 17.6 Å². The van der Waals surface area contributed by atoms with E-state index in [1.54, 1.807) is 18.5 Å². The molecule has 0 aliphatic carbocycles. The first kappa shape index (κ1) is 22.9. The molecule has 1 fully saturated rings. The summed E-state index contributed by atoms with van der Waals surface area (Å²) >= 11 is 0. The standard InChI is InChI=1S/C27H30N6O2/c1-4-19-5-6-21(17-25(19)33-15-13-31(2)14-16-33)32(3)20-7-9-22(10-8-20)35-27-29-24-18-28-12-11-23(24)26(34)30-27/h5-12,17-18H,4,13-16H2,1-3H3,(H,29,30,34). The highest BCUT2D eigenvalue weighted by molar-refractivity contribution is 5.82. The fraction of sp³-hybridized carbons (Fsp3) is 0.296. The van der Waals surface area contributed by atoms with Crippen LogP contribution in [0.4, 0.5) is 17.1 Å². The second kappa shape index (κ2) is 9.76. The van der Waals surface area contributed by atoms with Crippen LogP contribution in [0.2, 0.25) is 0 Å². The van der Waals surface area contributed by atoms with Crippen LogP contribution >= 0.6 is 0 Å². The average molecular weight is 471 g/mol. The largest absolute Gasteiger partial charge is 0.493 e. The summed E-state index contributed by atoms with van der Waals surface area (Å²) in [6.45, 7) is 6.47. The molecule has 8 heteroatoms. The zero-order valence-corrected chi connectivity index (χ0v) is 20.3. The number of anilines is 3. The number of aryl methyl sites for hydroxylation is 1. The van der Waals surface area contributed by atoms with Crippen LogP contribution in [0.15, 0.2) is 60.9 Å². The average Bonchev–Trinajstić information content (AvgIpc) is 2.89. The molecule has 4 aromatic rings. The van der Waals surface area contributed by atoms with Gasteiger partial charge in [0.15, 0.2) is 0 Å². The molecule has 1 aliphatic heterocycles. The molecule has 0 bridgehead atoms. The van der Waals surface area contributed by atoms with Gasteiger partial charge in [-0.05, 0) is 61.5 Å². The minimum atomic E-state index is -0.129. The van der Waals surface area contributed by atoms with Crippen molar-refractivity contribution >= 4 is 28.0 Å². The van der Waals surface area contributed by atoms with Crippen molar-refractivity contribution in [2.24, 2.45) is 0 Å². The van der Waals surface area contributed by atoms with Crippen molar-refractivity contribution in [3.63, 3.8) is 0 Å². The number of aromatic hydroxyl groups is 1. The minimum Gasteiger partial charge on any atom is -0.493 e. The molecule has 35 heavy (non-hydrogen) atoms. The summed E-state index contributed by atoms with van der Waals surface area (Å²) in [4.78, 5) is 19.5. The summed E-state index contributed by atoms with van der Waals surface area (Å²) < 4.78 is 5.81. The molecule has 1 aliphatic rings. The van der Waals surface area contributed by atoms with Gasteiger partial charge in [-0.2, -0.15) is 9.97 Å². The summed E-state index contributed by atoms with van der Waals surface area (Å²) in [6, 6.07) is 16.2. The van der Waals surface area contributed by atoms with E-state index in [9.17, 15) is 5.11 Å². The molecule has 1 N–H and O–H groups in total. The fourth-order valence-corrected chi connectivity index (χ4v) is 4.38. The van der Waals surface area contributed by atoms with E-state index in [4.69, 9.17) is 4.74 Å². The van der Waals surface area contributed by atoms with Crippen molar-refractivity contribution in [2.75, 3.05) is 50.1 Å². The van der Waals surface area contributed by atoms with Crippen LogP contribution in [0, 0.1) is 0 Å². The summed E-state index contributed by atoms with van der Waals surface area (Å²) in [5, 5.41) is 10.7. The topological polar surface area (TPSA) is 77.8 Å². The number of hydrogen-bond acceptors (Lipinski definition) is 8. The lowest BCUT2D eigenvalue weighted by Gasteiger charge is -2.36. The van der Waals surface area contributed by atoms with Crippen LogP contribution in [-0.2, 0) is 6.42 Å². The van der Waals surface area contributed by atoms with E-state index in [1.165, 1.54) is 11.3 Å². The Morgan fingerprint density at radius 1 is 0.971 bits per heavy atom. The van der Waals surface area contributed by atoms with Gasteiger partial charge in [-0.3, -0.25) is 4.98 Å². The van der Waals surface area contributed by atoms with Gasteiger partial charge in [-0.15, -0.1) is 0 Å². The number of ether oxygens (including phenoxy) is 1. The van der Waals surface area contributed by atoms with Crippen molar-refractivity contribution in [3.05, 3.63) is 66.5 Å². The van der Waals surface area contributed by atoms with Crippen molar-refractivity contribution in [1.82, 2.24) is 19.9 Å². The van der Waals surface area contributed by atoms with Gasteiger partial charge in [0.05, 0.1) is 17.1 Å². The number of rotatable bonds is 6. The molecule has 1 saturated heterocycles. The second-order valence-electron chi connectivity index (χ2n) is 8.83. The number of benzene rings is 2. The smallest absolute Gasteiger partial charge is 0.325 e. The number of pyridine rings is 1. The Bertz CT molecular complexity index is 1320. The third-order valence-corrected chi connectivity index (χ3v) is 6.57. The Hall–Kier alpha value is -3.91. The maximum Gasteiger partial charge on any atom is 0.325 e. The number of nitrogens with zero attached hydrogens (tertiary/aromatic N) is 6. The van der Waals surface area contributed by atoms with Crippen LogP contribution in [-0.4, -0.2) is 65.2 Å². The molecule has 0 saturated carbocycles. The normalized spacial score (nSPS) is 14.3. The molecule has 0 radical (unpaired) electrons. The molecule has 2 aromatic heterocycles. The highest BCUT2D eigenvalue weighted by Crippen LogP contribution is 2.33. The Kier molecular flexibility index (Phi) is 6.37. The van der Waals surface area contributed by atoms with E-state index in [0.717, 1.165) is 44.0 Å². The lowest BCUT2D eigenvalue weighted by atomic mass is 10.1. The van der Waals surface area contributed by atoms with E-state index in [0.29, 0.717) is 16.7 Å². The van der Waals surface area contributed by atoms with Gasteiger partial charge in [0.25, 0.3) is 0 Å². The molecule has 0 amide bonds. The molecule has 180 valence electrons. The van der Waals surface area contributed by atoms with Gasteiger partial charge in [0, 0.05) is 56.5 Å². The number of likely N-dealkylation sites (N-methyl/N-ethyl adjacent to an activating group) is 1. The van der Waals surface area contributed by atoms with Crippen molar-refractivity contribution < 1.29 is 9.84 Å². The SMILES string of the molecule is CCc1ccc(N(C)c2ccc(Oc3nc(O)c4ccncc4n3)cc2)cc1N1CCN(C)CC1. The second-order valence-corrected chi connectivity index (χ2v) is 8.83. The van der Waals surface area contributed by atoms with E-state index in [2.05, 4.69) is 68.9 Å². The molecule has 8 nitrogen and oxygen atoms in total. The lowest BCUT2D eigenvalue weighted by Crippen LogP contribution is -2.44. The van der Waals surface area contributed by atoms with E-state index in [1.807, 2.05) is 24.3 Å². The van der Waals surface area contributed by atoms with Crippen molar-refractivity contribution in [2.45, 2.75) is 13.3 Å². The van der Waals surface area contributed by atoms with Crippen LogP contribution in [0.5, 0.6) is 17.6 Å². The molecule has 0 unspecified atom stereocenters. The van der Waals surface area contributed by atoms with Gasteiger partial charge < -0.3 is 24.5 Å². The number of piperazine rings is 1.